The number of carbonyl (C=O) groups is 1. The first-order valence-corrected chi connectivity index (χ1v) is 6.14. The summed E-state index contributed by atoms with van der Waals surface area (Å²) in [5.74, 6) is 1.26. The van der Waals surface area contributed by atoms with Crippen LogP contribution in [0.5, 0.6) is 11.5 Å². The molecule has 2 N–H and O–H groups in total. The molecule has 6 nitrogen and oxygen atoms in total. The molecule has 0 saturated carbocycles. The van der Waals surface area contributed by atoms with Crippen molar-refractivity contribution in [3.05, 3.63) is 48.1 Å². The zero-order chi connectivity index (χ0) is 13.8. The van der Waals surface area contributed by atoms with Crippen LogP contribution in [0.25, 0.3) is 6.08 Å². The van der Waals surface area contributed by atoms with Gasteiger partial charge < -0.3 is 19.8 Å². The second-order valence-corrected chi connectivity index (χ2v) is 4.24. The average molecular weight is 271 g/mol. The first kappa shape index (κ1) is 12.3. The lowest BCUT2D eigenvalue weighted by Crippen LogP contribution is -2.20. The number of H-pyrrole nitrogens is 1. The normalized spacial score (nSPS) is 12.8. The summed E-state index contributed by atoms with van der Waals surface area (Å²) in [6.45, 7) is 0.664. The molecule has 1 amide bonds. The lowest BCUT2D eigenvalue weighted by atomic mass is 10.2. The predicted octanol–water partition coefficient (Wildman–Crippen LogP) is 1.47. The Morgan fingerprint density at radius 2 is 2.30 bits per heavy atom. The van der Waals surface area contributed by atoms with Gasteiger partial charge in [0.2, 0.25) is 12.7 Å². The highest BCUT2D eigenvalue weighted by atomic mass is 16.7. The van der Waals surface area contributed by atoms with Crippen LogP contribution in [0, 0.1) is 0 Å². The molecule has 0 atom stereocenters. The first-order chi connectivity index (χ1) is 9.81. The Bertz CT molecular complexity index is 635. The molecule has 1 aromatic heterocycles. The monoisotopic (exact) mass is 271 g/mol. The zero-order valence-corrected chi connectivity index (χ0v) is 10.6. The van der Waals surface area contributed by atoms with Gasteiger partial charge in [-0.15, -0.1) is 0 Å². The van der Waals surface area contributed by atoms with E-state index in [2.05, 4.69) is 15.3 Å². The summed E-state index contributed by atoms with van der Waals surface area (Å²) in [5, 5.41) is 2.75. The third kappa shape index (κ3) is 2.80. The maximum atomic E-state index is 11.7. The molecule has 102 valence electrons. The molecule has 20 heavy (non-hydrogen) atoms. The molecule has 0 aliphatic carbocycles. The van der Waals surface area contributed by atoms with Gasteiger partial charge >= 0.3 is 0 Å². The van der Waals surface area contributed by atoms with Crippen molar-refractivity contribution in [3.63, 3.8) is 0 Å². The van der Waals surface area contributed by atoms with Crippen LogP contribution in [0.15, 0.2) is 36.8 Å². The van der Waals surface area contributed by atoms with E-state index >= 15 is 0 Å². The van der Waals surface area contributed by atoms with Crippen LogP contribution in [0.3, 0.4) is 0 Å². The number of imidazole rings is 1. The summed E-state index contributed by atoms with van der Waals surface area (Å²) in [6.07, 6.45) is 6.45. The number of aromatic nitrogens is 2. The minimum atomic E-state index is -0.169. The Kier molecular flexibility index (Phi) is 3.36. The second-order valence-electron chi connectivity index (χ2n) is 4.24. The third-order valence-corrected chi connectivity index (χ3v) is 2.83. The summed E-state index contributed by atoms with van der Waals surface area (Å²) in [4.78, 5) is 18.4. The number of ether oxygens (including phenoxy) is 2. The van der Waals surface area contributed by atoms with Crippen LogP contribution in [0.1, 0.15) is 11.3 Å². The van der Waals surface area contributed by atoms with Crippen LogP contribution in [0.2, 0.25) is 0 Å². The minimum Gasteiger partial charge on any atom is -0.454 e. The van der Waals surface area contributed by atoms with Gasteiger partial charge in [-0.25, -0.2) is 4.98 Å². The highest BCUT2D eigenvalue weighted by molar-refractivity contribution is 5.91. The Morgan fingerprint density at radius 1 is 1.40 bits per heavy atom. The van der Waals surface area contributed by atoms with E-state index in [1.54, 1.807) is 18.6 Å². The van der Waals surface area contributed by atoms with Crippen LogP contribution in [0.4, 0.5) is 0 Å². The number of benzene rings is 1. The summed E-state index contributed by atoms with van der Waals surface area (Å²) < 4.78 is 10.5. The molecule has 0 unspecified atom stereocenters. The fraction of sp³-hybridized carbons (Fsp3) is 0.143. The van der Waals surface area contributed by atoms with Crippen molar-refractivity contribution in [2.24, 2.45) is 0 Å². The number of hydrogen-bond acceptors (Lipinski definition) is 4. The fourth-order valence-electron chi connectivity index (χ4n) is 1.81. The topological polar surface area (TPSA) is 76.2 Å². The summed E-state index contributed by atoms with van der Waals surface area (Å²) in [7, 11) is 0. The molecule has 0 bridgehead atoms. The summed E-state index contributed by atoms with van der Waals surface area (Å²) in [5.41, 5.74) is 1.74. The highest BCUT2D eigenvalue weighted by Gasteiger charge is 2.12. The smallest absolute Gasteiger partial charge is 0.244 e. The maximum absolute atomic E-state index is 11.7. The number of aromatic amines is 1. The predicted molar refractivity (Wildman–Crippen MR) is 72.0 cm³/mol. The van der Waals surface area contributed by atoms with Crippen LogP contribution in [-0.4, -0.2) is 22.7 Å². The minimum absolute atomic E-state index is 0.169. The van der Waals surface area contributed by atoms with Crippen LogP contribution >= 0.6 is 0 Å². The van der Waals surface area contributed by atoms with E-state index in [4.69, 9.17) is 9.47 Å². The lowest BCUT2D eigenvalue weighted by molar-refractivity contribution is -0.116. The Balaban J connectivity index is 1.58. The molecule has 0 radical (unpaired) electrons. The number of nitrogens with zero attached hydrogens (tertiary/aromatic N) is 1. The van der Waals surface area contributed by atoms with Gasteiger partial charge in [-0.3, -0.25) is 4.79 Å². The number of hydrogen-bond donors (Lipinski definition) is 2. The van der Waals surface area contributed by atoms with E-state index in [1.165, 1.54) is 6.08 Å². The Hall–Kier alpha value is -2.76. The number of nitrogens with one attached hydrogen (secondary N) is 2. The van der Waals surface area contributed by atoms with Gasteiger partial charge in [-0.1, -0.05) is 6.07 Å². The number of fused-ring (bicyclic) bond motifs is 1. The van der Waals surface area contributed by atoms with Crippen molar-refractivity contribution >= 4 is 12.0 Å². The van der Waals surface area contributed by atoms with E-state index in [-0.39, 0.29) is 12.7 Å². The number of rotatable bonds is 4. The molecule has 0 spiro atoms. The molecule has 2 heterocycles. The molecular weight excluding hydrogens is 258 g/mol. The quantitative estimate of drug-likeness (QED) is 0.826. The van der Waals surface area contributed by atoms with Crippen LogP contribution in [-0.2, 0) is 11.3 Å². The summed E-state index contributed by atoms with van der Waals surface area (Å²) in [6, 6.07) is 5.53. The van der Waals surface area contributed by atoms with Crippen molar-refractivity contribution in [2.75, 3.05) is 6.79 Å². The van der Waals surface area contributed by atoms with Gasteiger partial charge in [0.1, 0.15) is 0 Å². The summed E-state index contributed by atoms with van der Waals surface area (Å²) >= 11 is 0. The standard InChI is InChI=1S/C14H13N3O3/c18-14(16-7-11-6-15-8-17-11)4-2-10-1-3-12-13(5-10)20-9-19-12/h1-6,8H,7,9H2,(H,15,17)(H,16,18). The van der Waals surface area contributed by atoms with E-state index in [1.807, 2.05) is 18.2 Å². The third-order valence-electron chi connectivity index (χ3n) is 2.83. The van der Waals surface area contributed by atoms with E-state index in [0.717, 1.165) is 17.0 Å². The molecule has 3 rings (SSSR count). The first-order valence-electron chi connectivity index (χ1n) is 6.14. The fourth-order valence-corrected chi connectivity index (χ4v) is 1.81. The van der Waals surface area contributed by atoms with Crippen molar-refractivity contribution in [3.8, 4) is 11.5 Å². The van der Waals surface area contributed by atoms with E-state index < -0.39 is 0 Å². The lowest BCUT2D eigenvalue weighted by Gasteiger charge is -2.00. The Morgan fingerprint density at radius 3 is 3.15 bits per heavy atom. The van der Waals surface area contributed by atoms with Crippen LogP contribution < -0.4 is 14.8 Å². The van der Waals surface area contributed by atoms with Crippen molar-refractivity contribution in [1.29, 1.82) is 0 Å². The molecule has 1 aromatic carbocycles. The van der Waals surface area contributed by atoms with Gasteiger partial charge in [-0.05, 0) is 23.8 Å². The van der Waals surface area contributed by atoms with Gasteiger partial charge in [-0.2, -0.15) is 0 Å². The molecular formula is C14H13N3O3. The molecule has 1 aliphatic rings. The van der Waals surface area contributed by atoms with Gasteiger partial charge in [0.15, 0.2) is 11.5 Å². The van der Waals surface area contributed by atoms with Crippen molar-refractivity contribution in [2.45, 2.75) is 6.54 Å². The molecule has 0 fully saturated rings. The molecule has 0 saturated heterocycles. The second kappa shape index (κ2) is 5.48. The number of carbonyl (C=O) groups excluding carboxylic acids is 1. The molecule has 6 heteroatoms. The number of amides is 1. The van der Waals surface area contributed by atoms with Gasteiger partial charge in [0.05, 0.1) is 18.6 Å². The average Bonchev–Trinajstić information content (AvgIpc) is 3.13. The zero-order valence-electron chi connectivity index (χ0n) is 10.6. The van der Waals surface area contributed by atoms with Gasteiger partial charge in [0, 0.05) is 12.3 Å². The van der Waals surface area contributed by atoms with E-state index in [0.29, 0.717) is 12.3 Å². The van der Waals surface area contributed by atoms with Crippen molar-refractivity contribution < 1.29 is 14.3 Å². The van der Waals surface area contributed by atoms with Gasteiger partial charge in [0.25, 0.3) is 0 Å². The van der Waals surface area contributed by atoms with E-state index in [9.17, 15) is 4.79 Å². The molecule has 2 aromatic rings. The van der Waals surface area contributed by atoms with Crippen molar-refractivity contribution in [1.82, 2.24) is 15.3 Å². The largest absolute Gasteiger partial charge is 0.454 e. The molecule has 1 aliphatic heterocycles. The maximum Gasteiger partial charge on any atom is 0.244 e. The SMILES string of the molecule is O=C(C=Cc1ccc2c(c1)OCO2)NCc1cnc[nH]1. The highest BCUT2D eigenvalue weighted by Crippen LogP contribution is 2.32. The Labute approximate surface area is 115 Å².